The Morgan fingerprint density at radius 3 is 2.89 bits per heavy atom. The number of piperidine rings is 1. The van der Waals surface area contributed by atoms with Crippen molar-refractivity contribution >= 4 is 15.9 Å². The summed E-state index contributed by atoms with van der Waals surface area (Å²) in [5, 5.41) is 3.41. The highest BCUT2D eigenvalue weighted by molar-refractivity contribution is 9.10. The Labute approximate surface area is 116 Å². The summed E-state index contributed by atoms with van der Waals surface area (Å²) in [5.41, 5.74) is 2.68. The zero-order valence-electron chi connectivity index (χ0n) is 10.6. The van der Waals surface area contributed by atoms with Gasteiger partial charge in [-0.3, -0.25) is 0 Å². The molecule has 3 nitrogen and oxygen atoms in total. The van der Waals surface area contributed by atoms with Crippen LogP contribution in [0.1, 0.15) is 24.0 Å². The minimum atomic E-state index is 0.337. The van der Waals surface area contributed by atoms with Gasteiger partial charge in [-0.05, 0) is 78.3 Å². The number of fused-ring (bicyclic) bond motifs is 1. The smallest absolute Gasteiger partial charge is 0.231 e. The molecule has 98 valence electrons. The maximum absolute atomic E-state index is 5.50. The number of hydrogen-bond donors (Lipinski definition) is 1. The lowest BCUT2D eigenvalue weighted by molar-refractivity contribution is 0.173. The van der Waals surface area contributed by atoms with Crippen molar-refractivity contribution < 1.29 is 9.47 Å². The molecule has 1 aromatic rings. The molecule has 1 N–H and O–H groups in total. The molecule has 0 amide bonds. The van der Waals surface area contributed by atoms with Gasteiger partial charge in [0.1, 0.15) is 0 Å². The molecule has 0 radical (unpaired) electrons. The number of rotatable bonds is 2. The average Bonchev–Trinajstić information content (AvgIpc) is 2.85. The van der Waals surface area contributed by atoms with Crippen LogP contribution in [0.2, 0.25) is 0 Å². The van der Waals surface area contributed by atoms with Crippen molar-refractivity contribution in [2.75, 3.05) is 19.9 Å². The van der Waals surface area contributed by atoms with Gasteiger partial charge in [0.15, 0.2) is 11.5 Å². The summed E-state index contributed by atoms with van der Waals surface area (Å²) in [4.78, 5) is 0. The Kier molecular flexibility index (Phi) is 3.48. The fourth-order valence-corrected chi connectivity index (χ4v) is 3.32. The number of hydrogen-bond acceptors (Lipinski definition) is 3. The molecule has 1 fully saturated rings. The summed E-state index contributed by atoms with van der Waals surface area (Å²) < 4.78 is 12.0. The van der Waals surface area contributed by atoms with Crippen LogP contribution >= 0.6 is 15.9 Å². The van der Waals surface area contributed by atoms with E-state index < -0.39 is 0 Å². The number of halogens is 1. The van der Waals surface area contributed by atoms with Gasteiger partial charge in [0, 0.05) is 0 Å². The normalized spacial score (nSPS) is 19.2. The molecule has 0 atom stereocenters. The summed E-state index contributed by atoms with van der Waals surface area (Å²) in [6.07, 6.45) is 3.68. The Morgan fingerprint density at radius 2 is 2.11 bits per heavy atom. The van der Waals surface area contributed by atoms with Gasteiger partial charge in [0.05, 0.1) is 4.47 Å². The Balaban J connectivity index is 1.85. The van der Waals surface area contributed by atoms with Gasteiger partial charge < -0.3 is 14.8 Å². The summed E-state index contributed by atoms with van der Waals surface area (Å²) >= 11 is 3.63. The van der Waals surface area contributed by atoms with Gasteiger partial charge in [-0.15, -0.1) is 0 Å². The highest BCUT2D eigenvalue weighted by atomic mass is 79.9. The maximum Gasteiger partial charge on any atom is 0.231 e. The summed E-state index contributed by atoms with van der Waals surface area (Å²) in [6, 6.07) is 2.16. The lowest BCUT2D eigenvalue weighted by Crippen LogP contribution is -2.28. The molecule has 18 heavy (non-hydrogen) atoms. The largest absolute Gasteiger partial charge is 0.454 e. The molecule has 2 aliphatic rings. The first-order chi connectivity index (χ1) is 8.75. The van der Waals surface area contributed by atoms with E-state index in [9.17, 15) is 0 Å². The molecular weight excluding hydrogens is 294 g/mol. The van der Waals surface area contributed by atoms with Crippen molar-refractivity contribution in [2.45, 2.75) is 26.2 Å². The molecule has 1 aromatic carbocycles. The fourth-order valence-electron chi connectivity index (χ4n) is 2.75. The van der Waals surface area contributed by atoms with E-state index in [0.717, 1.165) is 41.4 Å². The van der Waals surface area contributed by atoms with Crippen LogP contribution in [-0.4, -0.2) is 19.9 Å². The van der Waals surface area contributed by atoms with Crippen molar-refractivity contribution in [3.63, 3.8) is 0 Å². The Bertz CT molecular complexity index is 456. The summed E-state index contributed by atoms with van der Waals surface area (Å²) in [5.74, 6) is 2.54. The quantitative estimate of drug-likeness (QED) is 0.910. The first-order valence-electron chi connectivity index (χ1n) is 6.54. The lowest BCUT2D eigenvalue weighted by Gasteiger charge is -2.23. The molecule has 0 aliphatic carbocycles. The third kappa shape index (κ3) is 2.24. The zero-order valence-corrected chi connectivity index (χ0v) is 12.2. The van der Waals surface area contributed by atoms with Crippen LogP contribution in [0, 0.1) is 12.8 Å². The van der Waals surface area contributed by atoms with E-state index in [0.29, 0.717) is 6.79 Å². The van der Waals surface area contributed by atoms with E-state index in [1.54, 1.807) is 0 Å². The van der Waals surface area contributed by atoms with Gasteiger partial charge in [0.2, 0.25) is 6.79 Å². The first-order valence-corrected chi connectivity index (χ1v) is 7.33. The van der Waals surface area contributed by atoms with Crippen LogP contribution in [0.25, 0.3) is 0 Å². The van der Waals surface area contributed by atoms with E-state index >= 15 is 0 Å². The maximum atomic E-state index is 5.50. The topological polar surface area (TPSA) is 30.5 Å². The molecule has 3 rings (SSSR count). The highest BCUT2D eigenvalue weighted by Crippen LogP contribution is 2.43. The predicted molar refractivity (Wildman–Crippen MR) is 74.3 cm³/mol. The molecule has 0 aromatic heterocycles. The SMILES string of the molecule is Cc1c(CC2CCNCC2)cc2c(c1Br)OCO2. The molecule has 4 heteroatoms. The summed E-state index contributed by atoms with van der Waals surface area (Å²) in [7, 11) is 0. The van der Waals surface area contributed by atoms with Gasteiger partial charge in [-0.25, -0.2) is 0 Å². The van der Waals surface area contributed by atoms with Crippen molar-refractivity contribution in [3.05, 3.63) is 21.7 Å². The predicted octanol–water partition coefficient (Wildman–Crippen LogP) is 3.03. The molecule has 2 heterocycles. The monoisotopic (exact) mass is 311 g/mol. The molecule has 0 saturated carbocycles. The molecule has 0 spiro atoms. The van der Waals surface area contributed by atoms with E-state index in [-0.39, 0.29) is 0 Å². The Morgan fingerprint density at radius 1 is 1.33 bits per heavy atom. The van der Waals surface area contributed by atoms with Crippen LogP contribution in [0.5, 0.6) is 11.5 Å². The molecular formula is C14H18BrNO2. The standard InChI is InChI=1S/C14H18BrNO2/c1-9-11(6-10-2-4-16-5-3-10)7-12-14(13(9)15)18-8-17-12/h7,10,16H,2-6,8H2,1H3. The minimum absolute atomic E-state index is 0.337. The van der Waals surface area contributed by atoms with E-state index in [2.05, 4.69) is 34.2 Å². The van der Waals surface area contributed by atoms with Crippen molar-refractivity contribution in [3.8, 4) is 11.5 Å². The molecule has 0 unspecified atom stereocenters. The third-order valence-corrected chi connectivity index (χ3v) is 4.88. The van der Waals surface area contributed by atoms with Gasteiger partial charge in [0.25, 0.3) is 0 Å². The van der Waals surface area contributed by atoms with Crippen molar-refractivity contribution in [1.29, 1.82) is 0 Å². The van der Waals surface area contributed by atoms with Crippen LogP contribution in [-0.2, 0) is 6.42 Å². The molecule has 2 aliphatic heterocycles. The van der Waals surface area contributed by atoms with E-state index in [4.69, 9.17) is 9.47 Å². The van der Waals surface area contributed by atoms with Crippen LogP contribution < -0.4 is 14.8 Å². The highest BCUT2D eigenvalue weighted by Gasteiger charge is 2.23. The van der Waals surface area contributed by atoms with Gasteiger partial charge in [-0.1, -0.05) is 0 Å². The summed E-state index contributed by atoms with van der Waals surface area (Å²) in [6.45, 7) is 4.79. The minimum Gasteiger partial charge on any atom is -0.454 e. The number of benzene rings is 1. The van der Waals surface area contributed by atoms with Gasteiger partial charge >= 0.3 is 0 Å². The molecule has 0 bridgehead atoms. The Hall–Kier alpha value is -0.740. The van der Waals surface area contributed by atoms with Crippen LogP contribution in [0.3, 0.4) is 0 Å². The second kappa shape index (κ2) is 5.10. The molecule has 1 saturated heterocycles. The van der Waals surface area contributed by atoms with Gasteiger partial charge in [-0.2, -0.15) is 0 Å². The average molecular weight is 312 g/mol. The van der Waals surface area contributed by atoms with Crippen LogP contribution in [0.15, 0.2) is 10.5 Å². The zero-order chi connectivity index (χ0) is 12.5. The van der Waals surface area contributed by atoms with E-state index in [1.807, 2.05) is 0 Å². The second-order valence-corrected chi connectivity index (χ2v) is 5.90. The van der Waals surface area contributed by atoms with Crippen molar-refractivity contribution in [2.24, 2.45) is 5.92 Å². The fraction of sp³-hybridized carbons (Fsp3) is 0.571. The third-order valence-electron chi connectivity index (χ3n) is 3.92. The lowest BCUT2D eigenvalue weighted by atomic mass is 9.89. The van der Waals surface area contributed by atoms with Crippen molar-refractivity contribution in [1.82, 2.24) is 5.32 Å². The first kappa shape index (κ1) is 12.3. The second-order valence-electron chi connectivity index (χ2n) is 5.11. The number of nitrogens with one attached hydrogen (secondary N) is 1. The van der Waals surface area contributed by atoms with Crippen LogP contribution in [0.4, 0.5) is 0 Å². The number of ether oxygens (including phenoxy) is 2. The van der Waals surface area contributed by atoms with E-state index in [1.165, 1.54) is 24.0 Å².